The number of aryl methyl sites for hydroxylation is 1. The number of hydrogen-bond acceptors (Lipinski definition) is 4. The van der Waals surface area contributed by atoms with Crippen molar-refractivity contribution in [2.75, 3.05) is 41.3 Å². The van der Waals surface area contributed by atoms with Gasteiger partial charge in [0.05, 0.1) is 11.3 Å². The van der Waals surface area contributed by atoms with E-state index in [9.17, 15) is 14.7 Å². The number of aromatic carboxylic acids is 1. The van der Waals surface area contributed by atoms with Crippen molar-refractivity contribution in [3.05, 3.63) is 53.6 Å². The van der Waals surface area contributed by atoms with Gasteiger partial charge in [-0.1, -0.05) is 32.9 Å². The molecule has 1 heterocycles. The zero-order valence-electron chi connectivity index (χ0n) is 17.5. The van der Waals surface area contributed by atoms with Crippen molar-refractivity contribution >= 4 is 28.9 Å². The minimum atomic E-state index is -1.05. The van der Waals surface area contributed by atoms with Gasteiger partial charge in [-0.15, -0.1) is 0 Å². The Labute approximate surface area is 172 Å². The summed E-state index contributed by atoms with van der Waals surface area (Å²) in [6.07, 6.45) is 0. The third-order valence-corrected chi connectivity index (χ3v) is 5.17. The number of nitrogens with zero attached hydrogens (tertiary/aromatic N) is 2. The maximum atomic E-state index is 12.3. The third kappa shape index (κ3) is 4.88. The number of carboxylic acid groups (broad SMARTS) is 1. The molecule has 3 rings (SSSR count). The molecule has 1 fully saturated rings. The minimum absolute atomic E-state index is 0.112. The molecule has 0 aromatic heterocycles. The van der Waals surface area contributed by atoms with Crippen LogP contribution in [0, 0.1) is 12.3 Å². The fraction of sp³-hybridized carbons (Fsp3) is 0.391. The van der Waals surface area contributed by atoms with E-state index in [0.717, 1.165) is 31.9 Å². The van der Waals surface area contributed by atoms with Gasteiger partial charge in [-0.05, 0) is 42.8 Å². The molecule has 154 valence electrons. The van der Waals surface area contributed by atoms with E-state index in [2.05, 4.69) is 46.3 Å². The van der Waals surface area contributed by atoms with Crippen molar-refractivity contribution in [1.29, 1.82) is 0 Å². The molecule has 0 atom stereocenters. The van der Waals surface area contributed by atoms with Crippen LogP contribution < -0.4 is 15.1 Å². The van der Waals surface area contributed by atoms with Crippen LogP contribution in [0.3, 0.4) is 0 Å². The van der Waals surface area contributed by atoms with Gasteiger partial charge in [0.25, 0.3) is 0 Å². The molecular formula is C23H29N3O3. The van der Waals surface area contributed by atoms with Crippen LogP contribution in [0.5, 0.6) is 0 Å². The quantitative estimate of drug-likeness (QED) is 0.819. The zero-order valence-corrected chi connectivity index (χ0v) is 17.5. The van der Waals surface area contributed by atoms with Gasteiger partial charge in [-0.3, -0.25) is 4.79 Å². The average molecular weight is 396 g/mol. The summed E-state index contributed by atoms with van der Waals surface area (Å²) in [7, 11) is 0. The molecule has 0 aliphatic carbocycles. The Balaban J connectivity index is 1.74. The van der Waals surface area contributed by atoms with Crippen molar-refractivity contribution in [3.8, 4) is 0 Å². The molecule has 29 heavy (non-hydrogen) atoms. The first-order valence-corrected chi connectivity index (χ1v) is 9.90. The average Bonchev–Trinajstić information content (AvgIpc) is 2.67. The Bertz CT molecular complexity index is 910. The Morgan fingerprint density at radius 3 is 2.03 bits per heavy atom. The first-order chi connectivity index (χ1) is 13.6. The van der Waals surface area contributed by atoms with E-state index in [0.29, 0.717) is 5.69 Å². The van der Waals surface area contributed by atoms with E-state index < -0.39 is 11.4 Å². The second-order valence-corrected chi connectivity index (χ2v) is 8.55. The molecule has 2 aromatic carbocycles. The highest BCUT2D eigenvalue weighted by atomic mass is 16.4. The van der Waals surface area contributed by atoms with Gasteiger partial charge in [0, 0.05) is 43.0 Å². The maximum Gasteiger partial charge on any atom is 0.337 e. The molecule has 0 radical (unpaired) electrons. The van der Waals surface area contributed by atoms with Crippen LogP contribution in [0.1, 0.15) is 36.7 Å². The summed E-state index contributed by atoms with van der Waals surface area (Å²) in [4.78, 5) is 28.6. The summed E-state index contributed by atoms with van der Waals surface area (Å²) in [5, 5.41) is 12.4. The zero-order chi connectivity index (χ0) is 21.2. The molecule has 0 unspecified atom stereocenters. The van der Waals surface area contributed by atoms with Gasteiger partial charge >= 0.3 is 5.97 Å². The van der Waals surface area contributed by atoms with E-state index in [1.165, 1.54) is 11.3 Å². The third-order valence-electron chi connectivity index (χ3n) is 5.17. The van der Waals surface area contributed by atoms with E-state index in [1.807, 2.05) is 6.07 Å². The molecule has 2 N–H and O–H groups in total. The lowest BCUT2D eigenvalue weighted by Gasteiger charge is -2.37. The summed E-state index contributed by atoms with van der Waals surface area (Å²) < 4.78 is 0. The van der Waals surface area contributed by atoms with Crippen LogP contribution in [0.25, 0.3) is 0 Å². The van der Waals surface area contributed by atoms with Crippen LogP contribution in [-0.4, -0.2) is 43.2 Å². The van der Waals surface area contributed by atoms with E-state index in [1.54, 1.807) is 32.9 Å². The van der Waals surface area contributed by atoms with E-state index in [4.69, 9.17) is 0 Å². The largest absolute Gasteiger partial charge is 0.478 e. The van der Waals surface area contributed by atoms with Gasteiger partial charge in [0.2, 0.25) is 5.91 Å². The molecule has 0 bridgehead atoms. The minimum Gasteiger partial charge on any atom is -0.478 e. The second-order valence-electron chi connectivity index (χ2n) is 8.55. The highest BCUT2D eigenvalue weighted by Crippen LogP contribution is 2.27. The summed E-state index contributed by atoms with van der Waals surface area (Å²) in [6.45, 7) is 10.8. The van der Waals surface area contributed by atoms with Crippen molar-refractivity contribution in [3.63, 3.8) is 0 Å². The van der Waals surface area contributed by atoms with E-state index >= 15 is 0 Å². The number of carbonyl (C=O) groups excluding carboxylic acids is 1. The molecule has 6 nitrogen and oxygen atoms in total. The van der Waals surface area contributed by atoms with Crippen LogP contribution in [0.2, 0.25) is 0 Å². The normalized spacial score (nSPS) is 14.6. The van der Waals surface area contributed by atoms with Crippen LogP contribution in [0.15, 0.2) is 42.5 Å². The van der Waals surface area contributed by atoms with Crippen molar-refractivity contribution in [2.24, 2.45) is 5.41 Å². The standard InChI is InChI=1S/C23H29N3O3/c1-16-6-5-7-17(14-16)25-10-12-26(13-11-25)18-8-9-20(19(15-18)21(27)28)24-22(29)23(2,3)4/h5-9,14-15H,10-13H2,1-4H3,(H,24,29)(H,27,28). The van der Waals surface area contributed by atoms with Gasteiger partial charge in [-0.2, -0.15) is 0 Å². The summed E-state index contributed by atoms with van der Waals surface area (Å²) in [5.41, 5.74) is 3.17. The lowest BCUT2D eigenvalue weighted by Crippen LogP contribution is -2.46. The molecule has 1 amide bonds. The number of rotatable bonds is 4. The fourth-order valence-corrected chi connectivity index (χ4v) is 3.37. The number of hydrogen-bond donors (Lipinski definition) is 2. The number of amides is 1. The lowest BCUT2D eigenvalue weighted by molar-refractivity contribution is -0.123. The Kier molecular flexibility index (Phi) is 5.82. The van der Waals surface area contributed by atoms with Crippen molar-refractivity contribution in [1.82, 2.24) is 0 Å². The van der Waals surface area contributed by atoms with Gasteiger partial charge < -0.3 is 20.2 Å². The molecule has 6 heteroatoms. The first-order valence-electron chi connectivity index (χ1n) is 9.90. The Hall–Kier alpha value is -3.02. The van der Waals surface area contributed by atoms with Crippen LogP contribution in [0.4, 0.5) is 17.1 Å². The highest BCUT2D eigenvalue weighted by Gasteiger charge is 2.24. The topological polar surface area (TPSA) is 72.9 Å². The van der Waals surface area contributed by atoms with E-state index in [-0.39, 0.29) is 11.5 Å². The first kappa shape index (κ1) is 20.7. The molecular weight excluding hydrogens is 366 g/mol. The number of carboxylic acids is 1. The van der Waals surface area contributed by atoms with Crippen LogP contribution >= 0.6 is 0 Å². The molecule has 1 aliphatic rings. The van der Waals surface area contributed by atoms with Gasteiger partial charge in [0.15, 0.2) is 0 Å². The monoisotopic (exact) mass is 395 g/mol. The number of nitrogens with one attached hydrogen (secondary N) is 1. The van der Waals surface area contributed by atoms with Crippen molar-refractivity contribution < 1.29 is 14.7 Å². The molecule has 0 spiro atoms. The number of anilines is 3. The SMILES string of the molecule is Cc1cccc(N2CCN(c3ccc(NC(=O)C(C)(C)C)c(C(=O)O)c3)CC2)c1. The molecule has 1 saturated heterocycles. The Morgan fingerprint density at radius 2 is 1.52 bits per heavy atom. The number of piperazine rings is 1. The Morgan fingerprint density at radius 1 is 0.931 bits per heavy atom. The highest BCUT2D eigenvalue weighted by molar-refractivity contribution is 6.02. The maximum absolute atomic E-state index is 12.3. The fourth-order valence-electron chi connectivity index (χ4n) is 3.37. The number of benzene rings is 2. The predicted molar refractivity (Wildman–Crippen MR) is 117 cm³/mol. The number of carbonyl (C=O) groups is 2. The predicted octanol–water partition coefficient (Wildman–Crippen LogP) is 4.00. The summed E-state index contributed by atoms with van der Waals surface area (Å²) in [6, 6.07) is 13.7. The van der Waals surface area contributed by atoms with Gasteiger partial charge in [0.1, 0.15) is 0 Å². The van der Waals surface area contributed by atoms with Crippen LogP contribution in [-0.2, 0) is 4.79 Å². The summed E-state index contributed by atoms with van der Waals surface area (Å²) >= 11 is 0. The summed E-state index contributed by atoms with van der Waals surface area (Å²) in [5.74, 6) is -1.26. The smallest absolute Gasteiger partial charge is 0.337 e. The molecule has 2 aromatic rings. The van der Waals surface area contributed by atoms with Gasteiger partial charge in [-0.25, -0.2) is 4.79 Å². The molecule has 0 saturated carbocycles. The second kappa shape index (κ2) is 8.15. The molecule has 1 aliphatic heterocycles. The van der Waals surface area contributed by atoms with Crippen molar-refractivity contribution in [2.45, 2.75) is 27.7 Å². The lowest BCUT2D eigenvalue weighted by atomic mass is 9.95.